The molecule has 0 spiro atoms. The normalized spacial score (nSPS) is 10.2. The molecular formula is C12H15ClN4O4. The van der Waals surface area contributed by atoms with Crippen LogP contribution in [0.5, 0.6) is 11.5 Å². The quantitative estimate of drug-likeness (QED) is 0.341. The molecule has 1 aromatic carbocycles. The van der Waals surface area contributed by atoms with Gasteiger partial charge in [-0.15, -0.1) is 5.10 Å². The highest BCUT2D eigenvalue weighted by atomic mass is 35.5. The maximum atomic E-state index is 11.1. The van der Waals surface area contributed by atoms with Crippen LogP contribution in [0.4, 0.5) is 0 Å². The lowest BCUT2D eigenvalue weighted by molar-refractivity contribution is -0.142. The topological polar surface area (TPSA) is 122 Å². The van der Waals surface area contributed by atoms with Crippen molar-refractivity contribution in [3.05, 3.63) is 22.7 Å². The summed E-state index contributed by atoms with van der Waals surface area (Å²) in [6.07, 6.45) is 1.39. The molecule has 9 heteroatoms. The van der Waals surface area contributed by atoms with E-state index in [1.54, 1.807) is 12.1 Å². The smallest absolute Gasteiger partial charge is 0.343 e. The summed E-state index contributed by atoms with van der Waals surface area (Å²) in [5.74, 6) is -0.144. The lowest BCUT2D eigenvalue weighted by Crippen LogP contribution is -2.21. The van der Waals surface area contributed by atoms with Crippen molar-refractivity contribution < 1.29 is 19.0 Å². The average molecular weight is 315 g/mol. The SMILES string of the molecule is COC(=O)COc1c(Cl)cc(C=NN=C(N)N)cc1OC. The minimum Gasteiger partial charge on any atom is -0.493 e. The van der Waals surface area contributed by atoms with Gasteiger partial charge in [0.1, 0.15) is 0 Å². The lowest BCUT2D eigenvalue weighted by atomic mass is 10.2. The molecule has 0 saturated heterocycles. The molecule has 0 atom stereocenters. The Kier molecular flexibility index (Phi) is 6.28. The average Bonchev–Trinajstić information content (AvgIpc) is 2.44. The van der Waals surface area contributed by atoms with Crippen LogP contribution in [-0.4, -0.2) is 39.0 Å². The summed E-state index contributed by atoms with van der Waals surface area (Å²) in [4.78, 5) is 11.1. The predicted molar refractivity (Wildman–Crippen MR) is 78.9 cm³/mol. The molecule has 21 heavy (non-hydrogen) atoms. The second-order valence-electron chi connectivity index (χ2n) is 3.67. The van der Waals surface area contributed by atoms with Gasteiger partial charge in [-0.25, -0.2) is 4.79 Å². The predicted octanol–water partition coefficient (Wildman–Crippen LogP) is 0.508. The summed E-state index contributed by atoms with van der Waals surface area (Å²) < 4.78 is 14.9. The van der Waals surface area contributed by atoms with E-state index < -0.39 is 5.97 Å². The van der Waals surface area contributed by atoms with Crippen molar-refractivity contribution in [3.63, 3.8) is 0 Å². The van der Waals surface area contributed by atoms with E-state index in [2.05, 4.69) is 14.9 Å². The van der Waals surface area contributed by atoms with Crippen LogP contribution in [0.15, 0.2) is 22.3 Å². The summed E-state index contributed by atoms with van der Waals surface area (Å²) in [6, 6.07) is 3.16. The van der Waals surface area contributed by atoms with Crippen molar-refractivity contribution in [3.8, 4) is 11.5 Å². The first-order valence-electron chi connectivity index (χ1n) is 5.67. The van der Waals surface area contributed by atoms with E-state index in [4.69, 9.17) is 32.5 Å². The van der Waals surface area contributed by atoms with Crippen molar-refractivity contribution in [2.45, 2.75) is 0 Å². The van der Waals surface area contributed by atoms with Crippen molar-refractivity contribution in [2.24, 2.45) is 21.7 Å². The van der Waals surface area contributed by atoms with Gasteiger partial charge in [0.05, 0.1) is 25.5 Å². The molecule has 0 heterocycles. The van der Waals surface area contributed by atoms with Gasteiger partial charge in [-0.1, -0.05) is 11.6 Å². The van der Waals surface area contributed by atoms with Crippen LogP contribution in [-0.2, 0) is 9.53 Å². The molecule has 0 aromatic heterocycles. The Hall–Kier alpha value is -2.48. The molecule has 0 aliphatic carbocycles. The Morgan fingerprint density at radius 1 is 1.38 bits per heavy atom. The first-order valence-corrected chi connectivity index (χ1v) is 6.04. The number of guanidine groups is 1. The number of esters is 1. The second kappa shape index (κ2) is 7.95. The van der Waals surface area contributed by atoms with Crippen LogP contribution >= 0.6 is 11.6 Å². The highest BCUT2D eigenvalue weighted by molar-refractivity contribution is 6.32. The number of benzene rings is 1. The zero-order chi connectivity index (χ0) is 15.8. The van der Waals surface area contributed by atoms with Crippen LogP contribution in [0.25, 0.3) is 0 Å². The van der Waals surface area contributed by atoms with E-state index in [1.165, 1.54) is 20.4 Å². The molecule has 0 fully saturated rings. The van der Waals surface area contributed by atoms with Gasteiger partial charge >= 0.3 is 5.97 Å². The van der Waals surface area contributed by atoms with Crippen molar-refractivity contribution in [1.29, 1.82) is 0 Å². The largest absolute Gasteiger partial charge is 0.493 e. The minimum absolute atomic E-state index is 0.164. The number of nitrogens with two attached hydrogens (primary N) is 2. The molecule has 4 N–H and O–H groups in total. The molecule has 114 valence electrons. The number of methoxy groups -OCH3 is 2. The number of hydrogen-bond acceptors (Lipinski definition) is 6. The van der Waals surface area contributed by atoms with E-state index in [9.17, 15) is 4.79 Å². The molecule has 1 rings (SSSR count). The first-order chi connectivity index (χ1) is 9.97. The van der Waals surface area contributed by atoms with E-state index in [1.807, 2.05) is 0 Å². The van der Waals surface area contributed by atoms with E-state index >= 15 is 0 Å². The Bertz CT molecular complexity index is 571. The van der Waals surface area contributed by atoms with E-state index in [0.717, 1.165) is 0 Å². The van der Waals surface area contributed by atoms with Crippen LogP contribution < -0.4 is 20.9 Å². The van der Waals surface area contributed by atoms with Crippen LogP contribution in [0.1, 0.15) is 5.56 Å². The summed E-state index contributed by atoms with van der Waals surface area (Å²) in [5, 5.41) is 7.36. The molecule has 0 amide bonds. The Labute approximate surface area is 126 Å². The standard InChI is InChI=1S/C12H15ClN4O4/c1-19-9-4-7(5-16-17-12(14)15)3-8(13)11(9)21-6-10(18)20-2/h3-5H,6H2,1-2H3,(H4,14,15,17). The number of nitrogens with zero attached hydrogens (tertiary/aromatic N) is 2. The molecule has 8 nitrogen and oxygen atoms in total. The number of ether oxygens (including phenoxy) is 3. The number of halogens is 1. The van der Waals surface area contributed by atoms with Gasteiger partial charge in [0.25, 0.3) is 0 Å². The molecular weight excluding hydrogens is 300 g/mol. The van der Waals surface area contributed by atoms with Crippen molar-refractivity contribution >= 4 is 29.7 Å². The Morgan fingerprint density at radius 3 is 2.67 bits per heavy atom. The highest BCUT2D eigenvalue weighted by Crippen LogP contribution is 2.36. The van der Waals surface area contributed by atoms with Crippen LogP contribution in [0.2, 0.25) is 5.02 Å². The molecule has 0 aliphatic heterocycles. The first kappa shape index (κ1) is 16.6. The number of carbonyl (C=O) groups excluding carboxylic acids is 1. The molecule has 0 aliphatic rings. The summed E-state index contributed by atoms with van der Waals surface area (Å²) in [6.45, 7) is -0.284. The monoisotopic (exact) mass is 314 g/mol. The zero-order valence-corrected chi connectivity index (χ0v) is 12.3. The minimum atomic E-state index is -0.536. The van der Waals surface area contributed by atoms with Gasteiger partial charge in [0.15, 0.2) is 18.1 Å². The van der Waals surface area contributed by atoms with Gasteiger partial charge < -0.3 is 25.7 Å². The molecule has 0 bridgehead atoms. The van der Waals surface area contributed by atoms with Gasteiger partial charge in [-0.05, 0) is 12.1 Å². The number of rotatable bonds is 6. The summed E-state index contributed by atoms with van der Waals surface area (Å²) in [7, 11) is 2.70. The van der Waals surface area contributed by atoms with E-state index in [-0.39, 0.29) is 23.3 Å². The van der Waals surface area contributed by atoms with E-state index in [0.29, 0.717) is 11.3 Å². The summed E-state index contributed by atoms with van der Waals surface area (Å²) >= 11 is 6.08. The second-order valence-corrected chi connectivity index (χ2v) is 4.08. The molecule has 1 aromatic rings. The fraction of sp³-hybridized carbons (Fsp3) is 0.250. The maximum absolute atomic E-state index is 11.1. The van der Waals surface area contributed by atoms with Gasteiger partial charge in [0.2, 0.25) is 5.96 Å². The lowest BCUT2D eigenvalue weighted by Gasteiger charge is -2.12. The zero-order valence-electron chi connectivity index (χ0n) is 11.5. The van der Waals surface area contributed by atoms with Gasteiger partial charge in [-0.2, -0.15) is 5.10 Å². The van der Waals surface area contributed by atoms with Crippen molar-refractivity contribution in [2.75, 3.05) is 20.8 Å². The fourth-order valence-electron chi connectivity index (χ4n) is 1.31. The number of carbonyl (C=O) groups is 1. The third kappa shape index (κ3) is 5.19. The molecule has 0 radical (unpaired) electrons. The third-order valence-electron chi connectivity index (χ3n) is 2.19. The Morgan fingerprint density at radius 2 is 2.10 bits per heavy atom. The third-order valence-corrected chi connectivity index (χ3v) is 2.47. The molecule has 0 saturated carbocycles. The molecule has 0 unspecified atom stereocenters. The highest BCUT2D eigenvalue weighted by Gasteiger charge is 2.13. The van der Waals surface area contributed by atoms with Crippen molar-refractivity contribution in [1.82, 2.24) is 0 Å². The maximum Gasteiger partial charge on any atom is 0.343 e. The van der Waals surface area contributed by atoms with Crippen LogP contribution in [0, 0.1) is 0 Å². The number of hydrogen-bond donors (Lipinski definition) is 2. The Balaban J connectivity index is 2.99. The van der Waals surface area contributed by atoms with Crippen LogP contribution in [0.3, 0.4) is 0 Å². The summed E-state index contributed by atoms with van der Waals surface area (Å²) in [5.41, 5.74) is 10.9. The van der Waals surface area contributed by atoms with Gasteiger partial charge in [-0.3, -0.25) is 0 Å². The van der Waals surface area contributed by atoms with Gasteiger partial charge in [0, 0.05) is 5.56 Å². The fourth-order valence-corrected chi connectivity index (χ4v) is 1.58.